The topological polar surface area (TPSA) is 65.8 Å². The zero-order chi connectivity index (χ0) is 26.5. The number of halogens is 1. The summed E-state index contributed by atoms with van der Waals surface area (Å²) in [6.45, 7) is 1.15. The fourth-order valence-corrected chi connectivity index (χ4v) is 4.66. The van der Waals surface area contributed by atoms with Crippen molar-refractivity contribution in [3.05, 3.63) is 95.8 Å². The van der Waals surface area contributed by atoms with Gasteiger partial charge >= 0.3 is 0 Å². The Balaban J connectivity index is 1.56. The molecule has 1 aliphatic rings. The number of benzene rings is 3. The molecule has 1 aromatic heterocycles. The van der Waals surface area contributed by atoms with Crippen molar-refractivity contribution in [1.82, 2.24) is 14.7 Å². The van der Waals surface area contributed by atoms with Crippen molar-refractivity contribution in [2.45, 2.75) is 25.5 Å². The number of nitrogens with zero attached hydrogens (tertiary/aromatic N) is 3. The van der Waals surface area contributed by atoms with Gasteiger partial charge in [0.25, 0.3) is 5.91 Å². The summed E-state index contributed by atoms with van der Waals surface area (Å²) in [6, 6.07) is 23.0. The first kappa shape index (κ1) is 25.5. The van der Waals surface area contributed by atoms with E-state index in [-0.39, 0.29) is 18.2 Å². The minimum absolute atomic E-state index is 0.0215. The molecule has 4 aromatic rings. The van der Waals surface area contributed by atoms with Crippen molar-refractivity contribution < 1.29 is 23.4 Å². The Bertz CT molecular complexity index is 1380. The standard InChI is InChI=1S/C30H30FN3O4/c1-33-30(38-23-16-14-22(36-2)15-17-23)26(28(32-33)21-9-4-3-5-10-21)20-34(19-24-11-8-18-37-24)29(35)25-12-6-7-13-27(25)31/h3-7,9-10,12-17,24H,8,11,18-20H2,1-2H3/t24-/m1/s1. The second-order valence-electron chi connectivity index (χ2n) is 9.20. The maximum absolute atomic E-state index is 14.7. The second-order valence-corrected chi connectivity index (χ2v) is 9.20. The molecular weight excluding hydrogens is 485 g/mol. The largest absolute Gasteiger partial charge is 0.497 e. The summed E-state index contributed by atoms with van der Waals surface area (Å²) < 4.78 is 33.8. The van der Waals surface area contributed by atoms with Crippen LogP contribution < -0.4 is 9.47 Å². The van der Waals surface area contributed by atoms with Gasteiger partial charge in [0.2, 0.25) is 5.88 Å². The van der Waals surface area contributed by atoms with Gasteiger partial charge in [0.1, 0.15) is 23.0 Å². The van der Waals surface area contributed by atoms with E-state index in [1.807, 2.05) is 54.6 Å². The molecule has 1 atom stereocenters. The Morgan fingerprint density at radius 3 is 2.45 bits per heavy atom. The third-order valence-corrected chi connectivity index (χ3v) is 6.60. The van der Waals surface area contributed by atoms with Crippen LogP contribution >= 0.6 is 0 Å². The lowest BCUT2D eigenvalue weighted by Crippen LogP contribution is -2.37. The van der Waals surface area contributed by atoms with Crippen LogP contribution in [0, 0.1) is 5.82 Å². The van der Waals surface area contributed by atoms with Crippen LogP contribution in [0.4, 0.5) is 4.39 Å². The molecule has 3 aromatic carbocycles. The van der Waals surface area contributed by atoms with Crippen LogP contribution in [0.25, 0.3) is 11.3 Å². The number of hydrogen-bond donors (Lipinski definition) is 0. The van der Waals surface area contributed by atoms with Gasteiger partial charge in [-0.2, -0.15) is 5.10 Å². The van der Waals surface area contributed by atoms with Gasteiger partial charge in [-0.15, -0.1) is 0 Å². The number of aromatic nitrogens is 2. The van der Waals surface area contributed by atoms with Gasteiger partial charge in [-0.05, 0) is 49.2 Å². The summed E-state index contributed by atoms with van der Waals surface area (Å²) in [7, 11) is 3.41. The lowest BCUT2D eigenvalue weighted by atomic mass is 10.1. The molecule has 0 N–H and O–H groups in total. The average molecular weight is 516 g/mol. The van der Waals surface area contributed by atoms with E-state index in [0.29, 0.717) is 36.2 Å². The van der Waals surface area contributed by atoms with Crippen molar-refractivity contribution in [3.63, 3.8) is 0 Å². The fraction of sp³-hybridized carbons (Fsp3) is 0.267. The highest BCUT2D eigenvalue weighted by Gasteiger charge is 2.29. The van der Waals surface area contributed by atoms with Crippen LogP contribution in [-0.2, 0) is 18.3 Å². The molecule has 7 nitrogen and oxygen atoms in total. The highest BCUT2D eigenvalue weighted by atomic mass is 19.1. The van der Waals surface area contributed by atoms with Gasteiger partial charge < -0.3 is 19.1 Å². The third kappa shape index (κ3) is 5.55. The Morgan fingerprint density at radius 1 is 1.05 bits per heavy atom. The zero-order valence-corrected chi connectivity index (χ0v) is 21.5. The number of rotatable bonds is 9. The smallest absolute Gasteiger partial charge is 0.257 e. The van der Waals surface area contributed by atoms with E-state index in [4.69, 9.17) is 19.3 Å². The van der Waals surface area contributed by atoms with Crippen LogP contribution in [0.2, 0.25) is 0 Å². The Labute approximate surface area is 221 Å². The number of carbonyl (C=O) groups excluding carboxylic acids is 1. The van der Waals surface area contributed by atoms with E-state index in [2.05, 4.69) is 0 Å². The number of aryl methyl sites for hydroxylation is 1. The van der Waals surface area contributed by atoms with Gasteiger partial charge in [-0.25, -0.2) is 9.07 Å². The van der Waals surface area contributed by atoms with Crippen molar-refractivity contribution in [2.75, 3.05) is 20.3 Å². The molecule has 2 heterocycles. The van der Waals surface area contributed by atoms with Crippen LogP contribution in [-0.4, -0.2) is 47.0 Å². The Hall–Kier alpha value is -4.17. The van der Waals surface area contributed by atoms with Crippen LogP contribution in [0.3, 0.4) is 0 Å². The molecule has 0 aliphatic carbocycles. The van der Waals surface area contributed by atoms with Crippen molar-refractivity contribution in [3.8, 4) is 28.6 Å². The molecule has 1 saturated heterocycles. The lowest BCUT2D eigenvalue weighted by Gasteiger charge is -2.26. The number of hydrogen-bond acceptors (Lipinski definition) is 5. The van der Waals surface area contributed by atoms with Gasteiger partial charge in [-0.3, -0.25) is 4.79 Å². The van der Waals surface area contributed by atoms with E-state index >= 15 is 0 Å². The Kier molecular flexibility index (Phi) is 7.70. The predicted molar refractivity (Wildman–Crippen MR) is 142 cm³/mol. The molecule has 8 heteroatoms. The Morgan fingerprint density at radius 2 is 1.76 bits per heavy atom. The molecule has 0 spiro atoms. The van der Waals surface area contributed by atoms with Gasteiger partial charge in [0.15, 0.2) is 0 Å². The van der Waals surface area contributed by atoms with Gasteiger partial charge in [0.05, 0.1) is 30.9 Å². The molecule has 0 bridgehead atoms. The molecule has 0 radical (unpaired) electrons. The summed E-state index contributed by atoms with van der Waals surface area (Å²) in [5.74, 6) is 0.843. The molecule has 1 aliphatic heterocycles. The van der Waals surface area contributed by atoms with E-state index in [0.717, 1.165) is 24.0 Å². The lowest BCUT2D eigenvalue weighted by molar-refractivity contribution is 0.0502. The van der Waals surface area contributed by atoms with Gasteiger partial charge in [-0.1, -0.05) is 42.5 Å². The second kappa shape index (κ2) is 11.5. The van der Waals surface area contributed by atoms with E-state index in [9.17, 15) is 9.18 Å². The van der Waals surface area contributed by atoms with E-state index < -0.39 is 11.7 Å². The van der Waals surface area contributed by atoms with E-state index in [1.54, 1.807) is 35.9 Å². The number of ether oxygens (including phenoxy) is 3. The zero-order valence-electron chi connectivity index (χ0n) is 21.5. The summed E-state index contributed by atoms with van der Waals surface area (Å²) in [4.78, 5) is 15.3. The summed E-state index contributed by atoms with van der Waals surface area (Å²) in [5.41, 5.74) is 2.32. The first-order valence-corrected chi connectivity index (χ1v) is 12.6. The molecule has 0 saturated carbocycles. The molecule has 196 valence electrons. The molecule has 5 rings (SSSR count). The molecule has 1 amide bonds. The average Bonchev–Trinajstić information content (AvgIpc) is 3.57. The highest BCUT2D eigenvalue weighted by Crippen LogP contribution is 2.35. The molecule has 1 fully saturated rings. The maximum Gasteiger partial charge on any atom is 0.257 e. The summed E-state index contributed by atoms with van der Waals surface area (Å²) >= 11 is 0. The SMILES string of the molecule is COc1ccc(Oc2c(CN(C[C@H]3CCCO3)C(=O)c3ccccc3F)c(-c3ccccc3)nn2C)cc1. The molecular formula is C30H30FN3O4. The van der Waals surface area contributed by atoms with Crippen molar-refractivity contribution in [2.24, 2.45) is 7.05 Å². The summed E-state index contributed by atoms with van der Waals surface area (Å²) in [6.07, 6.45) is 1.66. The number of carbonyl (C=O) groups is 1. The first-order valence-electron chi connectivity index (χ1n) is 12.6. The van der Waals surface area contributed by atoms with Crippen LogP contribution in [0.1, 0.15) is 28.8 Å². The number of methoxy groups -OCH3 is 1. The maximum atomic E-state index is 14.7. The summed E-state index contributed by atoms with van der Waals surface area (Å²) in [5, 5.41) is 4.77. The molecule has 0 unspecified atom stereocenters. The highest BCUT2D eigenvalue weighted by molar-refractivity contribution is 5.94. The van der Waals surface area contributed by atoms with Crippen LogP contribution in [0.5, 0.6) is 17.4 Å². The van der Waals surface area contributed by atoms with Crippen molar-refractivity contribution >= 4 is 5.91 Å². The first-order chi connectivity index (χ1) is 18.5. The number of amides is 1. The minimum atomic E-state index is -0.556. The quantitative estimate of drug-likeness (QED) is 0.280. The molecule has 38 heavy (non-hydrogen) atoms. The predicted octanol–water partition coefficient (Wildman–Crippen LogP) is 5.85. The third-order valence-electron chi connectivity index (χ3n) is 6.60. The minimum Gasteiger partial charge on any atom is -0.497 e. The van der Waals surface area contributed by atoms with Crippen molar-refractivity contribution in [1.29, 1.82) is 0 Å². The van der Waals surface area contributed by atoms with Crippen LogP contribution in [0.15, 0.2) is 78.9 Å². The monoisotopic (exact) mass is 515 g/mol. The fourth-order valence-electron chi connectivity index (χ4n) is 4.66. The normalized spacial score (nSPS) is 14.9. The van der Waals surface area contributed by atoms with Gasteiger partial charge in [0, 0.05) is 25.8 Å². The van der Waals surface area contributed by atoms with E-state index in [1.165, 1.54) is 12.1 Å².